The molecule has 1 aromatic carbocycles. The summed E-state index contributed by atoms with van der Waals surface area (Å²) in [7, 11) is 0. The summed E-state index contributed by atoms with van der Waals surface area (Å²) in [6.07, 6.45) is 7.52. The highest BCUT2D eigenvalue weighted by Gasteiger charge is 2.75. The van der Waals surface area contributed by atoms with Gasteiger partial charge >= 0.3 is 5.97 Å². The highest BCUT2D eigenvalue weighted by molar-refractivity contribution is 5.98. The molecule has 2 bridgehead atoms. The standard InChI is InChI=1S/C36H51N3O7/c1-5-8-18-29(41)37-24-28(26-16-11-9-12-17-26)45-35(44)30-27-19-20-36(46-27)31(30)33(42)39(22-13-10-14-23-40)32(36)34(43)38(21-7-3)25(4)15-6-2/h5,7,9,11-12,16-17,25,27-28,30-32,40H,1,3,6,8,10,13-15,18-24H2,2,4H3,(H,37,41)/t25?,27-,28+,30+,31+,32-,36+/m1/s1. The fraction of sp³-hybridized carbons (Fsp3) is 0.611. The van der Waals surface area contributed by atoms with Crippen LogP contribution in [0.5, 0.6) is 0 Å². The zero-order chi connectivity index (χ0) is 33.3. The molecule has 4 rings (SSSR count). The topological polar surface area (TPSA) is 125 Å². The molecule has 3 fully saturated rings. The molecule has 46 heavy (non-hydrogen) atoms. The molecule has 0 aromatic heterocycles. The minimum Gasteiger partial charge on any atom is -0.455 e. The van der Waals surface area contributed by atoms with Crippen LogP contribution in [0.3, 0.4) is 0 Å². The number of nitrogens with zero attached hydrogens (tertiary/aromatic N) is 2. The van der Waals surface area contributed by atoms with E-state index in [0.29, 0.717) is 51.6 Å². The van der Waals surface area contributed by atoms with Crippen LogP contribution in [-0.2, 0) is 28.7 Å². The molecule has 0 aliphatic carbocycles. The van der Waals surface area contributed by atoms with Gasteiger partial charge in [0, 0.05) is 32.2 Å². The number of unbranched alkanes of at least 4 members (excludes halogenated alkanes) is 2. The lowest BCUT2D eigenvalue weighted by molar-refractivity contribution is -0.160. The molecular weight excluding hydrogens is 586 g/mol. The minimum absolute atomic E-state index is 0.0561. The van der Waals surface area contributed by atoms with Gasteiger partial charge < -0.3 is 29.7 Å². The number of likely N-dealkylation sites (tertiary alicyclic amines) is 1. The number of amides is 3. The first-order valence-corrected chi connectivity index (χ1v) is 16.9. The predicted molar refractivity (Wildman–Crippen MR) is 174 cm³/mol. The third-order valence-corrected chi connectivity index (χ3v) is 9.70. The molecule has 1 unspecified atom stereocenters. The first-order chi connectivity index (χ1) is 22.2. The summed E-state index contributed by atoms with van der Waals surface area (Å²) >= 11 is 0. The number of carbonyl (C=O) groups excluding carboxylic acids is 4. The van der Waals surface area contributed by atoms with Crippen molar-refractivity contribution < 1.29 is 33.8 Å². The SMILES string of the molecule is C=CCCC(=O)NC[C@H](OC(=O)[C@@H]1[C@H]2C(=O)N(CCCCCO)[C@H](C(=O)N(CC=C)C(C)CCC)[C@]23CC[C@H]1O3)c1ccccc1. The summed E-state index contributed by atoms with van der Waals surface area (Å²) in [5.74, 6) is -2.90. The van der Waals surface area contributed by atoms with Crippen molar-refractivity contribution in [1.29, 1.82) is 0 Å². The van der Waals surface area contributed by atoms with Crippen LogP contribution < -0.4 is 5.32 Å². The second-order valence-corrected chi connectivity index (χ2v) is 12.8. The lowest BCUT2D eigenvalue weighted by Gasteiger charge is -2.39. The largest absolute Gasteiger partial charge is 0.455 e. The predicted octanol–water partition coefficient (Wildman–Crippen LogP) is 4.09. The van der Waals surface area contributed by atoms with Crippen LogP contribution >= 0.6 is 0 Å². The number of allylic oxidation sites excluding steroid dienone is 1. The highest BCUT2D eigenvalue weighted by atomic mass is 16.6. The lowest BCUT2D eigenvalue weighted by atomic mass is 9.70. The maximum Gasteiger partial charge on any atom is 0.313 e. The number of hydrogen-bond donors (Lipinski definition) is 2. The molecule has 3 heterocycles. The number of esters is 1. The van der Waals surface area contributed by atoms with Crippen molar-refractivity contribution >= 4 is 23.7 Å². The van der Waals surface area contributed by atoms with Crippen molar-refractivity contribution in [2.75, 3.05) is 26.2 Å². The Hall–Kier alpha value is -3.50. The number of fused-ring (bicyclic) bond motifs is 1. The number of aliphatic hydroxyl groups excluding tert-OH is 1. The fourth-order valence-corrected chi connectivity index (χ4v) is 7.51. The number of carbonyl (C=O) groups is 4. The van der Waals surface area contributed by atoms with Gasteiger partial charge in [-0.1, -0.05) is 55.8 Å². The Morgan fingerprint density at radius 1 is 1.20 bits per heavy atom. The number of ether oxygens (including phenoxy) is 2. The van der Waals surface area contributed by atoms with Crippen LogP contribution in [0, 0.1) is 11.8 Å². The minimum atomic E-state index is -1.13. The van der Waals surface area contributed by atoms with E-state index in [4.69, 9.17) is 9.47 Å². The third-order valence-electron chi connectivity index (χ3n) is 9.70. The molecule has 2 N–H and O–H groups in total. The summed E-state index contributed by atoms with van der Waals surface area (Å²) in [5.41, 5.74) is -0.411. The first kappa shape index (κ1) is 35.4. The van der Waals surface area contributed by atoms with E-state index in [9.17, 15) is 24.3 Å². The number of nitrogens with one attached hydrogen (secondary N) is 1. The third kappa shape index (κ3) is 7.39. The van der Waals surface area contributed by atoms with Crippen molar-refractivity contribution in [1.82, 2.24) is 15.1 Å². The molecule has 252 valence electrons. The average Bonchev–Trinajstić information content (AvgIpc) is 3.70. The summed E-state index contributed by atoms with van der Waals surface area (Å²) in [4.78, 5) is 58.8. The molecule has 1 aromatic rings. The number of aliphatic hydroxyl groups is 1. The van der Waals surface area contributed by atoms with E-state index in [1.807, 2.05) is 37.3 Å². The van der Waals surface area contributed by atoms with Crippen molar-refractivity contribution in [3.63, 3.8) is 0 Å². The van der Waals surface area contributed by atoms with E-state index in [2.05, 4.69) is 25.4 Å². The Morgan fingerprint density at radius 2 is 1.96 bits per heavy atom. The van der Waals surface area contributed by atoms with E-state index in [1.54, 1.807) is 22.0 Å². The van der Waals surface area contributed by atoms with Crippen molar-refractivity contribution in [2.24, 2.45) is 11.8 Å². The van der Waals surface area contributed by atoms with Gasteiger partial charge in [0.05, 0.1) is 24.5 Å². The maximum absolute atomic E-state index is 14.5. The van der Waals surface area contributed by atoms with Gasteiger partial charge in [-0.05, 0) is 57.4 Å². The van der Waals surface area contributed by atoms with Gasteiger partial charge in [0.15, 0.2) is 0 Å². The second-order valence-electron chi connectivity index (χ2n) is 12.8. The summed E-state index contributed by atoms with van der Waals surface area (Å²) in [6.45, 7) is 12.4. The molecule has 7 atom stereocenters. The molecular formula is C36H51N3O7. The van der Waals surface area contributed by atoms with Gasteiger partial charge in [-0.2, -0.15) is 0 Å². The van der Waals surface area contributed by atoms with Crippen LogP contribution in [0.2, 0.25) is 0 Å². The van der Waals surface area contributed by atoms with Crippen LogP contribution in [0.1, 0.15) is 83.3 Å². The normalized spacial score (nSPS) is 25.9. The summed E-state index contributed by atoms with van der Waals surface area (Å²) in [5, 5.41) is 12.2. The van der Waals surface area contributed by atoms with Crippen molar-refractivity contribution in [3.05, 3.63) is 61.2 Å². The summed E-state index contributed by atoms with van der Waals surface area (Å²) in [6, 6.07) is 8.28. The molecule has 3 aliphatic heterocycles. The second kappa shape index (κ2) is 16.4. The van der Waals surface area contributed by atoms with Crippen LogP contribution in [0.4, 0.5) is 0 Å². The number of benzene rings is 1. The molecule has 3 amide bonds. The Kier molecular flexibility index (Phi) is 12.6. The van der Waals surface area contributed by atoms with E-state index >= 15 is 0 Å². The first-order valence-electron chi connectivity index (χ1n) is 16.9. The zero-order valence-electron chi connectivity index (χ0n) is 27.4. The van der Waals surface area contributed by atoms with Gasteiger partial charge in [0.25, 0.3) is 0 Å². The molecule has 10 nitrogen and oxygen atoms in total. The summed E-state index contributed by atoms with van der Waals surface area (Å²) < 4.78 is 12.7. The van der Waals surface area contributed by atoms with E-state index in [1.165, 1.54) is 0 Å². The van der Waals surface area contributed by atoms with Gasteiger partial charge in [0.2, 0.25) is 17.7 Å². The molecule has 3 aliphatic rings. The lowest BCUT2D eigenvalue weighted by Crippen LogP contribution is -2.57. The highest BCUT2D eigenvalue weighted by Crippen LogP contribution is 2.59. The van der Waals surface area contributed by atoms with Crippen LogP contribution in [-0.4, -0.2) is 88.6 Å². The Balaban J connectivity index is 1.63. The fourth-order valence-electron chi connectivity index (χ4n) is 7.51. The van der Waals surface area contributed by atoms with E-state index in [0.717, 1.165) is 18.4 Å². The molecule has 10 heteroatoms. The van der Waals surface area contributed by atoms with Gasteiger partial charge in [-0.25, -0.2) is 0 Å². The van der Waals surface area contributed by atoms with Crippen LogP contribution in [0.15, 0.2) is 55.6 Å². The number of rotatable bonds is 19. The Bertz CT molecular complexity index is 1240. The van der Waals surface area contributed by atoms with E-state index in [-0.39, 0.29) is 43.3 Å². The smallest absolute Gasteiger partial charge is 0.313 e. The van der Waals surface area contributed by atoms with E-state index < -0.39 is 41.7 Å². The molecule has 0 saturated carbocycles. The van der Waals surface area contributed by atoms with Gasteiger partial charge in [0.1, 0.15) is 17.7 Å². The average molecular weight is 638 g/mol. The molecule has 0 radical (unpaired) electrons. The van der Waals surface area contributed by atoms with Gasteiger partial charge in [-0.3, -0.25) is 19.2 Å². The quantitative estimate of drug-likeness (QED) is 0.133. The Morgan fingerprint density at radius 3 is 2.63 bits per heavy atom. The number of hydrogen-bond acceptors (Lipinski definition) is 7. The van der Waals surface area contributed by atoms with Gasteiger partial charge in [-0.15, -0.1) is 13.2 Å². The Labute approximate surface area is 273 Å². The van der Waals surface area contributed by atoms with Crippen LogP contribution in [0.25, 0.3) is 0 Å². The van der Waals surface area contributed by atoms with Crippen molar-refractivity contribution in [3.8, 4) is 0 Å². The molecule has 3 saturated heterocycles. The maximum atomic E-state index is 14.5. The monoisotopic (exact) mass is 637 g/mol. The van der Waals surface area contributed by atoms with Crippen molar-refractivity contribution in [2.45, 2.75) is 102 Å². The zero-order valence-corrected chi connectivity index (χ0v) is 27.4. The molecule has 1 spiro atoms.